The number of carbonyl (C=O) groups excluding carboxylic acids is 1. The van der Waals surface area contributed by atoms with Gasteiger partial charge in [-0.1, -0.05) is 11.8 Å². The van der Waals surface area contributed by atoms with Crippen molar-refractivity contribution in [2.24, 2.45) is 5.73 Å². The summed E-state index contributed by atoms with van der Waals surface area (Å²) in [5.41, 5.74) is 10.6. The Bertz CT molecular complexity index is 500. The number of nitrogen functional groups attached to an aromatic ring is 1. The second-order valence-electron chi connectivity index (χ2n) is 2.91. The van der Waals surface area contributed by atoms with Crippen LogP contribution in [-0.4, -0.2) is 22.0 Å². The van der Waals surface area contributed by atoms with E-state index in [9.17, 15) is 9.59 Å². The molecule has 1 amide bonds. The predicted octanol–water partition coefficient (Wildman–Crippen LogP) is -0.411. The largest absolute Gasteiger partial charge is 0.476 e. The Balaban J connectivity index is 2.92. The minimum absolute atomic E-state index is 0.0263. The minimum atomic E-state index is -1.20. The number of aromatic carboxylic acids is 1. The average molecular weight is 219 g/mol. The van der Waals surface area contributed by atoms with Gasteiger partial charge < -0.3 is 16.6 Å². The first kappa shape index (κ1) is 11.5. The fraction of sp³-hybridized carbons (Fsp3) is 0.100. The van der Waals surface area contributed by atoms with Crippen LogP contribution in [0.5, 0.6) is 0 Å². The Labute approximate surface area is 91.3 Å². The predicted molar refractivity (Wildman–Crippen MR) is 56.3 cm³/mol. The highest BCUT2D eigenvalue weighted by Gasteiger charge is 2.08. The van der Waals surface area contributed by atoms with Crippen LogP contribution in [0.3, 0.4) is 0 Å². The molecule has 16 heavy (non-hydrogen) atoms. The van der Waals surface area contributed by atoms with Crippen molar-refractivity contribution in [3.8, 4) is 11.8 Å². The Hall–Kier alpha value is -2.55. The van der Waals surface area contributed by atoms with E-state index in [1.54, 1.807) is 0 Å². The Kier molecular flexibility index (Phi) is 3.45. The zero-order chi connectivity index (χ0) is 12.1. The number of primary amides is 1. The topological polar surface area (TPSA) is 119 Å². The molecule has 0 fully saturated rings. The van der Waals surface area contributed by atoms with E-state index in [1.807, 2.05) is 0 Å². The zero-order valence-corrected chi connectivity index (χ0v) is 8.23. The van der Waals surface area contributed by atoms with Gasteiger partial charge in [0.05, 0.1) is 12.1 Å². The molecule has 0 aromatic carbocycles. The number of carboxylic acids is 1. The van der Waals surface area contributed by atoms with E-state index in [0.717, 1.165) is 0 Å². The second kappa shape index (κ2) is 4.79. The quantitative estimate of drug-likeness (QED) is 0.584. The summed E-state index contributed by atoms with van der Waals surface area (Å²) in [5.74, 6) is 3.37. The highest BCUT2D eigenvalue weighted by molar-refractivity contribution is 5.91. The molecule has 5 N–H and O–H groups in total. The first-order valence-corrected chi connectivity index (χ1v) is 4.26. The molecular weight excluding hydrogens is 210 g/mol. The van der Waals surface area contributed by atoms with Gasteiger partial charge in [0.25, 0.3) is 0 Å². The summed E-state index contributed by atoms with van der Waals surface area (Å²) < 4.78 is 0. The van der Waals surface area contributed by atoms with Crippen molar-refractivity contribution in [1.29, 1.82) is 0 Å². The molecule has 0 aliphatic heterocycles. The number of anilines is 1. The summed E-state index contributed by atoms with van der Waals surface area (Å²) in [5, 5.41) is 8.67. The van der Waals surface area contributed by atoms with E-state index in [2.05, 4.69) is 16.8 Å². The van der Waals surface area contributed by atoms with Crippen LogP contribution in [0.4, 0.5) is 5.69 Å². The molecule has 0 aliphatic rings. The Morgan fingerprint density at radius 1 is 1.50 bits per heavy atom. The first-order chi connectivity index (χ1) is 7.50. The summed E-state index contributed by atoms with van der Waals surface area (Å²) in [7, 11) is 0. The van der Waals surface area contributed by atoms with Crippen molar-refractivity contribution < 1.29 is 14.7 Å². The van der Waals surface area contributed by atoms with Crippen LogP contribution in [0.1, 0.15) is 22.5 Å². The molecule has 0 unspecified atom stereocenters. The first-order valence-electron chi connectivity index (χ1n) is 4.26. The number of carboxylic acid groups (broad SMARTS) is 1. The number of carbonyl (C=O) groups is 2. The lowest BCUT2D eigenvalue weighted by atomic mass is 10.2. The van der Waals surface area contributed by atoms with Gasteiger partial charge in [-0.3, -0.25) is 4.79 Å². The number of rotatable bonds is 2. The third-order valence-electron chi connectivity index (χ3n) is 1.62. The monoisotopic (exact) mass is 219 g/mol. The standard InChI is InChI=1S/C10H9N3O3/c11-7-4-6(2-1-3-8(12)14)5-13-9(7)10(15)16/h4-5H,3,11H2,(H2,12,14)(H,15,16). The van der Waals surface area contributed by atoms with Gasteiger partial charge in [0.15, 0.2) is 5.69 Å². The van der Waals surface area contributed by atoms with Gasteiger partial charge in [0.1, 0.15) is 0 Å². The van der Waals surface area contributed by atoms with Gasteiger partial charge >= 0.3 is 5.97 Å². The number of pyridine rings is 1. The molecule has 1 aromatic rings. The summed E-state index contributed by atoms with van der Waals surface area (Å²) in [6.45, 7) is 0. The number of aromatic nitrogens is 1. The molecule has 6 heteroatoms. The molecule has 0 saturated heterocycles. The third kappa shape index (κ3) is 2.99. The number of nitrogens with two attached hydrogens (primary N) is 2. The van der Waals surface area contributed by atoms with Crippen molar-refractivity contribution in [3.63, 3.8) is 0 Å². The van der Waals surface area contributed by atoms with Crippen molar-refractivity contribution >= 4 is 17.6 Å². The molecule has 0 radical (unpaired) electrons. The molecule has 82 valence electrons. The van der Waals surface area contributed by atoms with Crippen molar-refractivity contribution in [1.82, 2.24) is 4.98 Å². The van der Waals surface area contributed by atoms with Crippen LogP contribution in [0.25, 0.3) is 0 Å². The molecule has 0 atom stereocenters. The smallest absolute Gasteiger partial charge is 0.356 e. The van der Waals surface area contributed by atoms with Crippen molar-refractivity contribution in [2.75, 3.05) is 5.73 Å². The number of amides is 1. The van der Waals surface area contributed by atoms with Gasteiger partial charge in [-0.2, -0.15) is 0 Å². The molecule has 1 heterocycles. The summed E-state index contributed by atoms with van der Waals surface area (Å²) in [4.78, 5) is 24.6. The molecule has 6 nitrogen and oxygen atoms in total. The molecule has 0 spiro atoms. The summed E-state index contributed by atoms with van der Waals surface area (Å²) in [6, 6.07) is 1.38. The maximum atomic E-state index is 10.6. The van der Waals surface area contributed by atoms with E-state index in [0.29, 0.717) is 5.56 Å². The van der Waals surface area contributed by atoms with E-state index >= 15 is 0 Å². The highest BCUT2D eigenvalue weighted by Crippen LogP contribution is 2.10. The minimum Gasteiger partial charge on any atom is -0.476 e. The Morgan fingerprint density at radius 2 is 2.19 bits per heavy atom. The number of hydrogen-bond donors (Lipinski definition) is 3. The molecule has 0 saturated carbocycles. The van der Waals surface area contributed by atoms with Gasteiger partial charge in [0, 0.05) is 11.8 Å². The molecule has 1 aromatic heterocycles. The molecule has 0 bridgehead atoms. The van der Waals surface area contributed by atoms with Crippen LogP contribution in [-0.2, 0) is 4.79 Å². The second-order valence-corrected chi connectivity index (χ2v) is 2.91. The summed E-state index contributed by atoms with van der Waals surface area (Å²) in [6.07, 6.45) is 1.20. The van der Waals surface area contributed by atoms with Crippen LogP contribution >= 0.6 is 0 Å². The Morgan fingerprint density at radius 3 is 2.69 bits per heavy atom. The SMILES string of the molecule is NC(=O)CC#Cc1cnc(C(=O)O)c(N)c1. The van der Waals surface area contributed by atoms with Crippen molar-refractivity contribution in [3.05, 3.63) is 23.5 Å². The fourth-order valence-corrected chi connectivity index (χ4v) is 0.962. The van der Waals surface area contributed by atoms with E-state index < -0.39 is 11.9 Å². The van der Waals surface area contributed by atoms with Crippen LogP contribution in [0.15, 0.2) is 12.3 Å². The van der Waals surface area contributed by atoms with Crippen LogP contribution < -0.4 is 11.5 Å². The lowest BCUT2D eigenvalue weighted by molar-refractivity contribution is -0.117. The van der Waals surface area contributed by atoms with Crippen molar-refractivity contribution in [2.45, 2.75) is 6.42 Å². The lowest BCUT2D eigenvalue weighted by Crippen LogP contribution is -2.08. The fourth-order valence-electron chi connectivity index (χ4n) is 0.962. The van der Waals surface area contributed by atoms with Gasteiger partial charge in [-0.25, -0.2) is 9.78 Å². The highest BCUT2D eigenvalue weighted by atomic mass is 16.4. The van der Waals surface area contributed by atoms with Crippen LogP contribution in [0.2, 0.25) is 0 Å². The van der Waals surface area contributed by atoms with E-state index in [1.165, 1.54) is 12.3 Å². The lowest BCUT2D eigenvalue weighted by Gasteiger charge is -1.98. The number of hydrogen-bond acceptors (Lipinski definition) is 4. The van der Waals surface area contributed by atoms with Gasteiger partial charge in [-0.05, 0) is 6.07 Å². The van der Waals surface area contributed by atoms with Gasteiger partial charge in [-0.15, -0.1) is 0 Å². The van der Waals surface area contributed by atoms with Crippen LogP contribution in [0, 0.1) is 11.8 Å². The molecule has 1 rings (SSSR count). The van der Waals surface area contributed by atoms with E-state index in [4.69, 9.17) is 16.6 Å². The molecular formula is C10H9N3O3. The third-order valence-corrected chi connectivity index (χ3v) is 1.62. The zero-order valence-electron chi connectivity index (χ0n) is 8.23. The normalized spacial score (nSPS) is 9.00. The molecule has 0 aliphatic carbocycles. The maximum absolute atomic E-state index is 10.6. The maximum Gasteiger partial charge on any atom is 0.356 e. The number of nitrogens with zero attached hydrogens (tertiary/aromatic N) is 1. The summed E-state index contributed by atoms with van der Waals surface area (Å²) >= 11 is 0. The van der Waals surface area contributed by atoms with E-state index in [-0.39, 0.29) is 17.8 Å². The van der Waals surface area contributed by atoms with Gasteiger partial charge in [0.2, 0.25) is 5.91 Å². The average Bonchev–Trinajstić information content (AvgIpc) is 2.16.